The van der Waals surface area contributed by atoms with Gasteiger partial charge in [0, 0.05) is 36.0 Å². The average molecular weight is 406 g/mol. The monoisotopic (exact) mass is 405 g/mol. The number of benzene rings is 2. The van der Waals surface area contributed by atoms with Crippen LogP contribution < -0.4 is 15.5 Å². The molecule has 0 spiro atoms. The van der Waals surface area contributed by atoms with Gasteiger partial charge in [0.25, 0.3) is 0 Å². The van der Waals surface area contributed by atoms with Crippen LogP contribution in [0.5, 0.6) is 0 Å². The first-order valence-electron chi connectivity index (χ1n) is 9.06. The van der Waals surface area contributed by atoms with Crippen molar-refractivity contribution >= 4 is 41.5 Å². The minimum atomic E-state index is -0.364. The number of carbonyl (C=O) groups is 1. The molecule has 2 aliphatic rings. The Bertz CT molecular complexity index is 738. The van der Waals surface area contributed by atoms with E-state index in [2.05, 4.69) is 64.1 Å². The molecular weight excluding hydrogens is 382 g/mol. The van der Waals surface area contributed by atoms with Crippen LogP contribution in [-0.2, 0) is 9.53 Å². The van der Waals surface area contributed by atoms with Gasteiger partial charge in [-0.2, -0.15) is 0 Å². The van der Waals surface area contributed by atoms with Gasteiger partial charge in [0.2, 0.25) is 5.91 Å². The summed E-state index contributed by atoms with van der Waals surface area (Å²) in [5.41, 5.74) is 2.48. The van der Waals surface area contributed by atoms with Gasteiger partial charge >= 0.3 is 0 Å². The number of nitrogens with one attached hydrogen (secondary N) is 2. The molecule has 5 nitrogen and oxygen atoms in total. The lowest BCUT2D eigenvalue weighted by molar-refractivity contribution is -0.134. The molecule has 144 valence electrons. The summed E-state index contributed by atoms with van der Waals surface area (Å²) in [7, 11) is 0. The third-order valence-electron chi connectivity index (χ3n) is 4.61. The molecule has 1 unspecified atom stereocenters. The van der Waals surface area contributed by atoms with Gasteiger partial charge in [-0.25, -0.2) is 0 Å². The van der Waals surface area contributed by atoms with Crippen LogP contribution in [0.15, 0.2) is 58.3 Å². The third kappa shape index (κ3) is 4.58. The maximum atomic E-state index is 12.2. The van der Waals surface area contributed by atoms with Crippen LogP contribution in [0.4, 0.5) is 11.4 Å². The van der Waals surface area contributed by atoms with Crippen LogP contribution in [0.1, 0.15) is 6.42 Å². The maximum Gasteiger partial charge on any atom is 0.250 e. The highest BCUT2D eigenvalue weighted by Gasteiger charge is 2.23. The highest BCUT2D eigenvalue weighted by molar-refractivity contribution is 7.99. The summed E-state index contributed by atoms with van der Waals surface area (Å²) in [5.74, 6) is -0.0211. The van der Waals surface area contributed by atoms with Gasteiger partial charge < -0.3 is 20.3 Å². The van der Waals surface area contributed by atoms with Crippen LogP contribution in [-0.4, -0.2) is 44.8 Å². The standard InChI is InChI=1S/C20H23N3O2S.ClH/c24-20(17-14-21-11-13-25-17)22-10-5-12-23-15-6-1-3-8-18(15)26-19-9-4-2-7-16(19)23;/h1-4,6-9,17,21H,5,10-14H2,(H,22,24);1H. The molecule has 0 radical (unpaired) electrons. The lowest BCUT2D eigenvalue weighted by Crippen LogP contribution is -2.48. The number of hydrogen-bond donors (Lipinski definition) is 2. The molecule has 2 aromatic rings. The summed E-state index contributed by atoms with van der Waals surface area (Å²) in [6.45, 7) is 3.51. The molecule has 2 aromatic carbocycles. The van der Waals surface area contributed by atoms with Crippen molar-refractivity contribution in [3.63, 3.8) is 0 Å². The molecule has 0 aliphatic carbocycles. The Kier molecular flexibility index (Phi) is 7.01. The Labute approximate surface area is 170 Å². The third-order valence-corrected chi connectivity index (χ3v) is 5.74. The number of morpholine rings is 1. The van der Waals surface area contributed by atoms with Crippen molar-refractivity contribution < 1.29 is 9.53 Å². The van der Waals surface area contributed by atoms with Crippen molar-refractivity contribution in [1.29, 1.82) is 0 Å². The predicted molar refractivity (Wildman–Crippen MR) is 111 cm³/mol. The smallest absolute Gasteiger partial charge is 0.250 e. The Morgan fingerprint density at radius 2 is 1.81 bits per heavy atom. The molecule has 2 aliphatic heterocycles. The van der Waals surface area contributed by atoms with Gasteiger partial charge in [-0.15, -0.1) is 12.4 Å². The fourth-order valence-electron chi connectivity index (χ4n) is 3.32. The van der Waals surface area contributed by atoms with Gasteiger partial charge in [-0.1, -0.05) is 36.0 Å². The summed E-state index contributed by atoms with van der Waals surface area (Å²) < 4.78 is 5.49. The van der Waals surface area contributed by atoms with E-state index >= 15 is 0 Å². The predicted octanol–water partition coefficient (Wildman–Crippen LogP) is 3.21. The first-order valence-corrected chi connectivity index (χ1v) is 9.88. The zero-order chi connectivity index (χ0) is 17.8. The Morgan fingerprint density at radius 1 is 1.15 bits per heavy atom. The van der Waals surface area contributed by atoms with Crippen molar-refractivity contribution in [2.45, 2.75) is 22.3 Å². The second-order valence-corrected chi connectivity index (χ2v) is 7.48. The summed E-state index contributed by atoms with van der Waals surface area (Å²) in [4.78, 5) is 17.1. The van der Waals surface area contributed by atoms with E-state index in [-0.39, 0.29) is 24.4 Å². The van der Waals surface area contributed by atoms with Gasteiger partial charge in [0.15, 0.2) is 0 Å². The van der Waals surface area contributed by atoms with Crippen molar-refractivity contribution in [2.75, 3.05) is 37.7 Å². The molecule has 1 saturated heterocycles. The highest BCUT2D eigenvalue weighted by atomic mass is 35.5. The molecule has 2 heterocycles. The van der Waals surface area contributed by atoms with Gasteiger partial charge in [-0.3, -0.25) is 4.79 Å². The normalized spacial score (nSPS) is 18.1. The van der Waals surface area contributed by atoms with Crippen LogP contribution >= 0.6 is 24.2 Å². The molecule has 4 rings (SSSR count). The minimum absolute atomic E-state index is 0. The van der Waals surface area contributed by atoms with E-state index in [1.807, 2.05) is 11.8 Å². The Hall–Kier alpha value is -1.73. The molecule has 0 aromatic heterocycles. The number of carbonyl (C=O) groups excluding carboxylic acids is 1. The zero-order valence-corrected chi connectivity index (χ0v) is 16.7. The molecule has 1 atom stereocenters. The first-order chi connectivity index (χ1) is 12.8. The van der Waals surface area contributed by atoms with Crippen LogP contribution in [0.2, 0.25) is 0 Å². The first kappa shape index (κ1) is 20.0. The number of nitrogens with zero attached hydrogens (tertiary/aromatic N) is 1. The van der Waals surface area contributed by atoms with Crippen molar-refractivity contribution in [1.82, 2.24) is 10.6 Å². The second kappa shape index (κ2) is 9.46. The molecule has 0 saturated carbocycles. The Morgan fingerprint density at radius 3 is 2.44 bits per heavy atom. The van der Waals surface area contributed by atoms with Gasteiger partial charge in [-0.05, 0) is 30.7 Å². The molecule has 1 amide bonds. The van der Waals surface area contributed by atoms with E-state index in [1.165, 1.54) is 21.2 Å². The van der Waals surface area contributed by atoms with Crippen LogP contribution in [0.3, 0.4) is 0 Å². The van der Waals surface area contributed by atoms with E-state index in [0.29, 0.717) is 19.7 Å². The molecule has 27 heavy (non-hydrogen) atoms. The fraction of sp³-hybridized carbons (Fsp3) is 0.350. The topological polar surface area (TPSA) is 53.6 Å². The summed E-state index contributed by atoms with van der Waals surface area (Å²) in [5, 5.41) is 6.19. The summed E-state index contributed by atoms with van der Waals surface area (Å²) in [6, 6.07) is 17.0. The van der Waals surface area contributed by atoms with Crippen LogP contribution in [0, 0.1) is 0 Å². The molecule has 7 heteroatoms. The maximum absolute atomic E-state index is 12.2. The molecule has 2 N–H and O–H groups in total. The van der Waals surface area contributed by atoms with Gasteiger partial charge in [0.1, 0.15) is 6.10 Å². The lowest BCUT2D eigenvalue weighted by Gasteiger charge is -2.32. The molecule has 0 bridgehead atoms. The largest absolute Gasteiger partial charge is 0.366 e. The number of amides is 1. The van der Waals surface area contributed by atoms with Crippen molar-refractivity contribution in [2.24, 2.45) is 0 Å². The van der Waals surface area contributed by atoms with Crippen LogP contribution in [0.25, 0.3) is 0 Å². The van der Waals surface area contributed by atoms with E-state index < -0.39 is 0 Å². The number of ether oxygens (including phenoxy) is 1. The number of fused-ring (bicyclic) bond motifs is 2. The van der Waals surface area contributed by atoms with Crippen molar-refractivity contribution in [3.8, 4) is 0 Å². The number of para-hydroxylation sites is 2. The summed E-state index contributed by atoms with van der Waals surface area (Å²) in [6.07, 6.45) is 0.510. The quantitative estimate of drug-likeness (QED) is 0.748. The van der Waals surface area contributed by atoms with Gasteiger partial charge in [0.05, 0.1) is 18.0 Å². The van der Waals surface area contributed by atoms with E-state index in [1.54, 1.807) is 0 Å². The highest BCUT2D eigenvalue weighted by Crippen LogP contribution is 2.47. The minimum Gasteiger partial charge on any atom is -0.366 e. The SMILES string of the molecule is Cl.O=C(NCCCN1c2ccccc2Sc2ccccc21)C1CNCCO1. The second-order valence-electron chi connectivity index (χ2n) is 6.40. The number of rotatable bonds is 5. The van der Waals surface area contributed by atoms with E-state index in [0.717, 1.165) is 19.5 Å². The van der Waals surface area contributed by atoms with E-state index in [4.69, 9.17) is 4.74 Å². The number of hydrogen-bond acceptors (Lipinski definition) is 5. The fourth-order valence-corrected chi connectivity index (χ4v) is 4.41. The number of anilines is 2. The Balaban J connectivity index is 0.00000210. The summed E-state index contributed by atoms with van der Waals surface area (Å²) >= 11 is 1.81. The number of halogens is 1. The lowest BCUT2D eigenvalue weighted by atomic mass is 10.2. The average Bonchev–Trinajstić information content (AvgIpc) is 2.71. The van der Waals surface area contributed by atoms with Crippen molar-refractivity contribution in [3.05, 3.63) is 48.5 Å². The molecule has 1 fully saturated rings. The zero-order valence-electron chi connectivity index (χ0n) is 15.0. The molecular formula is C20H24ClN3O2S. The van der Waals surface area contributed by atoms with E-state index in [9.17, 15) is 4.79 Å².